The van der Waals surface area contributed by atoms with Crippen LogP contribution in [0.25, 0.3) is 0 Å². The van der Waals surface area contributed by atoms with Crippen molar-refractivity contribution in [3.05, 3.63) is 23.9 Å². The number of hydrogen-bond donors (Lipinski definition) is 3. The van der Waals surface area contributed by atoms with E-state index in [-0.39, 0.29) is 11.9 Å². The number of rotatable bonds is 5. The van der Waals surface area contributed by atoms with Crippen LogP contribution in [0.15, 0.2) is 18.3 Å². The zero-order valence-electron chi connectivity index (χ0n) is 12.1. The first-order chi connectivity index (χ1) is 9.50. The zero-order chi connectivity index (χ0) is 14.6. The summed E-state index contributed by atoms with van der Waals surface area (Å²) in [4.78, 5) is 16.4. The molecule has 0 spiro atoms. The van der Waals surface area contributed by atoms with E-state index in [0.717, 1.165) is 25.7 Å². The van der Waals surface area contributed by atoms with E-state index in [0.29, 0.717) is 17.9 Å². The predicted molar refractivity (Wildman–Crippen MR) is 78.7 cm³/mol. The second-order valence-electron chi connectivity index (χ2n) is 5.81. The molecule has 2 rings (SSSR count). The largest absolute Gasteiger partial charge is 0.388 e. The summed E-state index contributed by atoms with van der Waals surface area (Å²) in [5.74, 6) is 0.389. The quantitative estimate of drug-likeness (QED) is 0.769. The molecule has 5 heteroatoms. The molecule has 0 bridgehead atoms. The average molecular weight is 277 g/mol. The number of carbonyl (C=O) groups excluding carboxylic acids is 1. The lowest BCUT2D eigenvalue weighted by molar-refractivity contribution is 0.0450. The summed E-state index contributed by atoms with van der Waals surface area (Å²) in [6.45, 7) is 4.30. The molecular formula is C15H23N3O2. The predicted octanol–water partition coefficient (Wildman–Crippen LogP) is 1.94. The fraction of sp³-hybridized carbons (Fsp3) is 0.600. The first-order valence-electron chi connectivity index (χ1n) is 7.22. The lowest BCUT2D eigenvalue weighted by Gasteiger charge is -2.22. The molecule has 20 heavy (non-hydrogen) atoms. The molecule has 0 radical (unpaired) electrons. The number of hydrogen-bond acceptors (Lipinski definition) is 4. The van der Waals surface area contributed by atoms with Gasteiger partial charge in [0.15, 0.2) is 0 Å². The van der Waals surface area contributed by atoms with E-state index in [1.165, 1.54) is 0 Å². The fourth-order valence-corrected chi connectivity index (χ4v) is 2.53. The summed E-state index contributed by atoms with van der Waals surface area (Å²) >= 11 is 0. The monoisotopic (exact) mass is 277 g/mol. The molecule has 1 heterocycles. The van der Waals surface area contributed by atoms with Gasteiger partial charge in [0.2, 0.25) is 0 Å². The van der Waals surface area contributed by atoms with Crippen molar-refractivity contribution in [3.63, 3.8) is 0 Å². The van der Waals surface area contributed by atoms with Gasteiger partial charge in [-0.2, -0.15) is 0 Å². The number of aliphatic hydroxyl groups is 1. The Bertz CT molecular complexity index is 468. The van der Waals surface area contributed by atoms with Crippen molar-refractivity contribution >= 4 is 11.7 Å². The number of pyridine rings is 1. The van der Waals surface area contributed by atoms with Crippen LogP contribution in [0.2, 0.25) is 0 Å². The Morgan fingerprint density at radius 3 is 2.80 bits per heavy atom. The highest BCUT2D eigenvalue weighted by Crippen LogP contribution is 2.28. The third-order valence-corrected chi connectivity index (χ3v) is 3.59. The summed E-state index contributed by atoms with van der Waals surface area (Å²) in [6.07, 6.45) is 5.24. The Morgan fingerprint density at radius 1 is 1.45 bits per heavy atom. The second-order valence-corrected chi connectivity index (χ2v) is 5.81. The van der Waals surface area contributed by atoms with Gasteiger partial charge in [-0.05, 0) is 38.8 Å². The summed E-state index contributed by atoms with van der Waals surface area (Å²) < 4.78 is 0. The Kier molecular flexibility index (Phi) is 4.60. The topological polar surface area (TPSA) is 74.2 Å². The van der Waals surface area contributed by atoms with Gasteiger partial charge in [0, 0.05) is 18.8 Å². The molecule has 1 aliphatic rings. The maximum Gasteiger partial charge on any atom is 0.255 e. The molecule has 110 valence electrons. The van der Waals surface area contributed by atoms with Crippen molar-refractivity contribution in [1.82, 2.24) is 10.3 Å². The minimum atomic E-state index is -0.733. The van der Waals surface area contributed by atoms with Crippen molar-refractivity contribution in [2.45, 2.75) is 51.2 Å². The Balaban J connectivity index is 2.01. The molecule has 1 fully saturated rings. The van der Waals surface area contributed by atoms with Gasteiger partial charge in [0.25, 0.3) is 5.91 Å². The number of nitrogens with one attached hydrogen (secondary N) is 2. The normalized spacial score (nSPS) is 17.2. The molecule has 1 aromatic rings. The smallest absolute Gasteiger partial charge is 0.255 e. The minimum Gasteiger partial charge on any atom is -0.388 e. The third kappa shape index (κ3) is 3.70. The molecule has 0 aliphatic heterocycles. The molecule has 5 nitrogen and oxygen atoms in total. The van der Waals surface area contributed by atoms with Crippen LogP contribution in [0.4, 0.5) is 5.82 Å². The highest BCUT2D eigenvalue weighted by Gasteiger charge is 2.31. The summed E-state index contributed by atoms with van der Waals surface area (Å²) in [5, 5.41) is 16.2. The lowest BCUT2D eigenvalue weighted by Crippen LogP contribution is -2.41. The molecule has 1 aliphatic carbocycles. The summed E-state index contributed by atoms with van der Waals surface area (Å²) in [7, 11) is 0. The van der Waals surface area contributed by atoms with Crippen LogP contribution in [-0.4, -0.2) is 34.2 Å². The van der Waals surface area contributed by atoms with Crippen LogP contribution in [0.5, 0.6) is 0 Å². The van der Waals surface area contributed by atoms with Crippen LogP contribution in [0.3, 0.4) is 0 Å². The number of anilines is 1. The maximum absolute atomic E-state index is 12.2. The van der Waals surface area contributed by atoms with Crippen LogP contribution in [-0.2, 0) is 0 Å². The van der Waals surface area contributed by atoms with E-state index < -0.39 is 5.60 Å². The average Bonchev–Trinajstić information content (AvgIpc) is 2.83. The molecule has 0 saturated heterocycles. The number of aromatic nitrogens is 1. The van der Waals surface area contributed by atoms with Crippen LogP contribution in [0, 0.1) is 0 Å². The van der Waals surface area contributed by atoms with Crippen molar-refractivity contribution < 1.29 is 9.90 Å². The number of carbonyl (C=O) groups is 1. The highest BCUT2D eigenvalue weighted by atomic mass is 16.3. The minimum absolute atomic E-state index is 0.193. The van der Waals surface area contributed by atoms with Gasteiger partial charge in [0.05, 0.1) is 11.2 Å². The molecule has 3 N–H and O–H groups in total. The van der Waals surface area contributed by atoms with Crippen LogP contribution < -0.4 is 10.6 Å². The molecule has 0 unspecified atom stereocenters. The van der Waals surface area contributed by atoms with Gasteiger partial charge in [0.1, 0.15) is 5.82 Å². The fourth-order valence-electron chi connectivity index (χ4n) is 2.53. The maximum atomic E-state index is 12.2. The molecule has 0 atom stereocenters. The van der Waals surface area contributed by atoms with E-state index in [9.17, 15) is 9.90 Å². The molecular weight excluding hydrogens is 254 g/mol. The van der Waals surface area contributed by atoms with E-state index in [1.54, 1.807) is 18.3 Å². The molecule has 1 amide bonds. The van der Waals surface area contributed by atoms with E-state index in [4.69, 9.17) is 0 Å². The Labute approximate surface area is 119 Å². The molecule has 1 aromatic heterocycles. The van der Waals surface area contributed by atoms with Gasteiger partial charge >= 0.3 is 0 Å². The Morgan fingerprint density at radius 2 is 2.15 bits per heavy atom. The SMILES string of the molecule is CC(C)Nc1ncccc1C(=O)NCC1(O)CCCC1. The van der Waals surface area contributed by atoms with Gasteiger partial charge in [-0.25, -0.2) is 4.98 Å². The standard InChI is InChI=1S/C15H23N3O2/c1-11(2)18-13-12(6-5-9-16-13)14(19)17-10-15(20)7-3-4-8-15/h5-6,9,11,20H,3-4,7-8,10H2,1-2H3,(H,16,18)(H,17,19). The highest BCUT2D eigenvalue weighted by molar-refractivity contribution is 5.98. The molecule has 0 aromatic carbocycles. The number of nitrogens with zero attached hydrogens (tertiary/aromatic N) is 1. The van der Waals surface area contributed by atoms with Crippen molar-refractivity contribution in [2.24, 2.45) is 0 Å². The van der Waals surface area contributed by atoms with Gasteiger partial charge in [-0.3, -0.25) is 4.79 Å². The Hall–Kier alpha value is -1.62. The lowest BCUT2D eigenvalue weighted by atomic mass is 10.0. The first kappa shape index (κ1) is 14.8. The second kappa shape index (κ2) is 6.22. The summed E-state index contributed by atoms with van der Waals surface area (Å²) in [6, 6.07) is 3.69. The van der Waals surface area contributed by atoms with Gasteiger partial charge in [-0.15, -0.1) is 0 Å². The van der Waals surface area contributed by atoms with E-state index in [1.807, 2.05) is 13.8 Å². The van der Waals surface area contributed by atoms with Crippen molar-refractivity contribution in [1.29, 1.82) is 0 Å². The van der Waals surface area contributed by atoms with Crippen molar-refractivity contribution in [2.75, 3.05) is 11.9 Å². The zero-order valence-corrected chi connectivity index (χ0v) is 12.1. The third-order valence-electron chi connectivity index (χ3n) is 3.59. The van der Waals surface area contributed by atoms with Crippen LogP contribution in [0.1, 0.15) is 49.9 Å². The summed E-state index contributed by atoms with van der Waals surface area (Å²) in [5.41, 5.74) is -0.216. The van der Waals surface area contributed by atoms with E-state index in [2.05, 4.69) is 15.6 Å². The van der Waals surface area contributed by atoms with Gasteiger partial charge in [-0.1, -0.05) is 12.8 Å². The molecule has 1 saturated carbocycles. The van der Waals surface area contributed by atoms with Crippen molar-refractivity contribution in [3.8, 4) is 0 Å². The number of amides is 1. The first-order valence-corrected chi connectivity index (χ1v) is 7.22. The van der Waals surface area contributed by atoms with Crippen LogP contribution >= 0.6 is 0 Å². The van der Waals surface area contributed by atoms with Gasteiger partial charge < -0.3 is 15.7 Å². The van der Waals surface area contributed by atoms with E-state index >= 15 is 0 Å².